The van der Waals surface area contributed by atoms with E-state index in [1.165, 1.54) is 5.56 Å². The normalized spacial score (nSPS) is 15.8. The van der Waals surface area contributed by atoms with E-state index in [9.17, 15) is 4.79 Å². The minimum absolute atomic E-state index is 0.165. The number of halogens is 1. The Bertz CT molecular complexity index is 1480. The second kappa shape index (κ2) is 9.79. The number of methoxy groups -OCH3 is 1. The first-order valence-corrected chi connectivity index (χ1v) is 12.8. The number of H-pyrrole nitrogens is 1. The summed E-state index contributed by atoms with van der Waals surface area (Å²) in [5.74, 6) is 1.34. The van der Waals surface area contributed by atoms with Crippen molar-refractivity contribution in [3.8, 4) is 5.75 Å². The van der Waals surface area contributed by atoms with Gasteiger partial charge in [-0.3, -0.25) is 9.69 Å². The molecule has 37 heavy (non-hydrogen) atoms. The molecule has 9 nitrogen and oxygen atoms in total. The van der Waals surface area contributed by atoms with Gasteiger partial charge in [-0.1, -0.05) is 17.7 Å². The van der Waals surface area contributed by atoms with Gasteiger partial charge in [0.2, 0.25) is 0 Å². The number of anilines is 1. The van der Waals surface area contributed by atoms with Gasteiger partial charge in [-0.25, -0.2) is 4.68 Å². The average molecular weight is 522 g/mol. The summed E-state index contributed by atoms with van der Waals surface area (Å²) in [7, 11) is 1.61. The van der Waals surface area contributed by atoms with Crippen LogP contribution in [0.15, 0.2) is 47.3 Å². The van der Waals surface area contributed by atoms with Crippen molar-refractivity contribution in [2.45, 2.75) is 39.3 Å². The van der Waals surface area contributed by atoms with E-state index >= 15 is 0 Å². The lowest BCUT2D eigenvalue weighted by atomic mass is 10.0. The number of nitrogens with zero attached hydrogens (tertiary/aromatic N) is 6. The van der Waals surface area contributed by atoms with Gasteiger partial charge in [0, 0.05) is 48.5 Å². The van der Waals surface area contributed by atoms with Crippen molar-refractivity contribution in [2.75, 3.05) is 38.2 Å². The van der Waals surface area contributed by atoms with Gasteiger partial charge in [0.15, 0.2) is 5.82 Å². The van der Waals surface area contributed by atoms with Crippen molar-refractivity contribution in [3.63, 3.8) is 0 Å². The monoisotopic (exact) mass is 521 g/mol. The molecule has 1 aliphatic heterocycles. The summed E-state index contributed by atoms with van der Waals surface area (Å²) in [5.41, 5.74) is 3.15. The molecule has 2 aromatic carbocycles. The van der Waals surface area contributed by atoms with Crippen molar-refractivity contribution in [1.82, 2.24) is 30.1 Å². The molecule has 0 amide bonds. The van der Waals surface area contributed by atoms with Crippen LogP contribution in [0.4, 0.5) is 5.69 Å². The van der Waals surface area contributed by atoms with Crippen LogP contribution in [0.2, 0.25) is 5.02 Å². The zero-order valence-electron chi connectivity index (χ0n) is 21.8. The van der Waals surface area contributed by atoms with Crippen molar-refractivity contribution < 1.29 is 4.74 Å². The Kier molecular flexibility index (Phi) is 6.68. The van der Waals surface area contributed by atoms with E-state index in [4.69, 9.17) is 16.3 Å². The number of aromatic nitrogens is 5. The molecule has 1 atom stereocenters. The molecular formula is C27H32ClN7O2. The van der Waals surface area contributed by atoms with E-state index in [0.29, 0.717) is 17.1 Å². The summed E-state index contributed by atoms with van der Waals surface area (Å²) in [6.45, 7) is 11.3. The predicted octanol–water partition coefficient (Wildman–Crippen LogP) is 4.15. The highest BCUT2D eigenvalue weighted by atomic mass is 35.5. The number of piperazine rings is 1. The van der Waals surface area contributed by atoms with Crippen molar-refractivity contribution in [2.24, 2.45) is 0 Å². The van der Waals surface area contributed by atoms with Crippen LogP contribution in [0.3, 0.4) is 0 Å². The van der Waals surface area contributed by atoms with E-state index in [-0.39, 0.29) is 11.1 Å². The molecule has 5 rings (SSSR count). The molecule has 2 aromatic heterocycles. The minimum Gasteiger partial charge on any atom is -0.497 e. The van der Waals surface area contributed by atoms with Gasteiger partial charge in [-0.15, -0.1) is 5.10 Å². The molecule has 194 valence electrons. The van der Waals surface area contributed by atoms with E-state index in [2.05, 4.69) is 58.0 Å². The summed E-state index contributed by atoms with van der Waals surface area (Å²) in [5, 5.41) is 14.4. The van der Waals surface area contributed by atoms with Crippen molar-refractivity contribution in [3.05, 3.63) is 74.8 Å². The quantitative estimate of drug-likeness (QED) is 0.421. The first-order chi connectivity index (χ1) is 17.7. The Balaban J connectivity index is 1.55. The van der Waals surface area contributed by atoms with Crippen LogP contribution in [0, 0.1) is 6.92 Å². The predicted molar refractivity (Wildman–Crippen MR) is 146 cm³/mol. The highest BCUT2D eigenvalue weighted by molar-refractivity contribution is 6.30. The molecular weight excluding hydrogens is 490 g/mol. The van der Waals surface area contributed by atoms with Crippen LogP contribution in [-0.4, -0.2) is 63.4 Å². The highest BCUT2D eigenvalue weighted by Crippen LogP contribution is 2.32. The number of benzene rings is 2. The number of hydrogen-bond acceptors (Lipinski definition) is 7. The van der Waals surface area contributed by atoms with E-state index in [1.807, 2.05) is 47.1 Å². The van der Waals surface area contributed by atoms with Crippen LogP contribution < -0.4 is 15.2 Å². The van der Waals surface area contributed by atoms with Crippen LogP contribution in [0.5, 0.6) is 5.75 Å². The number of hydrogen-bond donors (Lipinski definition) is 1. The third kappa shape index (κ3) is 4.93. The Morgan fingerprint density at radius 2 is 1.81 bits per heavy atom. The van der Waals surface area contributed by atoms with Crippen LogP contribution in [0.25, 0.3) is 10.9 Å². The second-order valence-electron chi connectivity index (χ2n) is 10.5. The maximum Gasteiger partial charge on any atom is 0.253 e. The van der Waals surface area contributed by atoms with Gasteiger partial charge in [-0.05, 0) is 79.4 Å². The number of tetrazole rings is 1. The van der Waals surface area contributed by atoms with Gasteiger partial charge < -0.3 is 14.6 Å². The molecule has 0 radical (unpaired) electrons. The lowest BCUT2D eigenvalue weighted by Crippen LogP contribution is -2.49. The van der Waals surface area contributed by atoms with Crippen molar-refractivity contribution >= 4 is 28.2 Å². The van der Waals surface area contributed by atoms with Gasteiger partial charge in [0.1, 0.15) is 11.8 Å². The van der Waals surface area contributed by atoms with Crippen molar-refractivity contribution in [1.29, 1.82) is 0 Å². The number of aryl methyl sites for hydroxylation is 1. The van der Waals surface area contributed by atoms with E-state index in [0.717, 1.165) is 47.8 Å². The van der Waals surface area contributed by atoms with Gasteiger partial charge >= 0.3 is 0 Å². The SMILES string of the molecule is COc1ccc2cc([C@@H](c3nnnn3C(C)(C)C)N3CCN(c4cc(Cl)ccc4C)CC3)c(=O)[nH]c2c1. The first-order valence-electron chi connectivity index (χ1n) is 12.4. The molecule has 0 saturated carbocycles. The topological polar surface area (TPSA) is 92.2 Å². The molecule has 1 fully saturated rings. The minimum atomic E-state index is -0.410. The Morgan fingerprint density at radius 1 is 1.05 bits per heavy atom. The smallest absolute Gasteiger partial charge is 0.253 e. The third-order valence-electron chi connectivity index (χ3n) is 6.94. The van der Waals surface area contributed by atoms with E-state index < -0.39 is 6.04 Å². The summed E-state index contributed by atoms with van der Waals surface area (Å²) in [6, 6.07) is 13.2. The van der Waals surface area contributed by atoms with Gasteiger partial charge in [-0.2, -0.15) is 0 Å². The summed E-state index contributed by atoms with van der Waals surface area (Å²) >= 11 is 6.30. The highest BCUT2D eigenvalue weighted by Gasteiger charge is 2.35. The largest absolute Gasteiger partial charge is 0.497 e. The Hall–Kier alpha value is -3.43. The molecule has 1 aliphatic rings. The van der Waals surface area contributed by atoms with Gasteiger partial charge in [0.25, 0.3) is 5.56 Å². The lowest BCUT2D eigenvalue weighted by molar-refractivity contribution is 0.190. The molecule has 1 N–H and O–H groups in total. The summed E-state index contributed by atoms with van der Waals surface area (Å²) < 4.78 is 7.16. The van der Waals surface area contributed by atoms with Crippen LogP contribution in [0.1, 0.15) is 43.8 Å². The number of rotatable bonds is 5. The number of aromatic amines is 1. The molecule has 1 saturated heterocycles. The molecule has 10 heteroatoms. The zero-order chi connectivity index (χ0) is 26.3. The fourth-order valence-corrected chi connectivity index (χ4v) is 5.18. The maximum atomic E-state index is 13.5. The summed E-state index contributed by atoms with van der Waals surface area (Å²) in [4.78, 5) is 21.2. The van der Waals surface area contributed by atoms with E-state index in [1.54, 1.807) is 7.11 Å². The van der Waals surface area contributed by atoms with Crippen LogP contribution >= 0.6 is 11.6 Å². The molecule has 3 heterocycles. The fourth-order valence-electron chi connectivity index (χ4n) is 5.01. The molecule has 0 spiro atoms. The second-order valence-corrected chi connectivity index (χ2v) is 10.9. The Labute approximate surface area is 221 Å². The fraction of sp³-hybridized carbons (Fsp3) is 0.407. The lowest BCUT2D eigenvalue weighted by Gasteiger charge is -2.40. The molecule has 0 bridgehead atoms. The molecule has 4 aromatic rings. The Morgan fingerprint density at radius 3 is 2.51 bits per heavy atom. The zero-order valence-corrected chi connectivity index (χ0v) is 22.6. The standard InChI is InChI=1S/C27H32ClN7O2/c1-17-6-8-19(28)15-23(17)33-10-12-34(13-11-33)24(25-30-31-32-35(25)27(2,3)4)21-14-18-7-9-20(37-5)16-22(18)29-26(21)36/h6-9,14-16,24H,10-13H2,1-5H3,(H,29,36)/t24-/m0/s1. The van der Waals surface area contributed by atoms with Gasteiger partial charge in [0.05, 0.1) is 18.2 Å². The maximum absolute atomic E-state index is 13.5. The third-order valence-corrected chi connectivity index (χ3v) is 7.18. The molecule has 0 aliphatic carbocycles. The average Bonchev–Trinajstić information content (AvgIpc) is 3.36. The molecule has 0 unspecified atom stereocenters. The number of nitrogens with one attached hydrogen (secondary N) is 1. The number of fused-ring (bicyclic) bond motifs is 1. The first kappa shape index (κ1) is 25.2. The number of pyridine rings is 1. The summed E-state index contributed by atoms with van der Waals surface area (Å²) in [6.07, 6.45) is 0. The van der Waals surface area contributed by atoms with Crippen LogP contribution in [-0.2, 0) is 5.54 Å². The number of ether oxygens (including phenoxy) is 1.